The Balaban J connectivity index is 1.99. The normalized spacial score (nSPS) is 26.8. The molecule has 4 N–H and O–H groups in total. The van der Waals surface area contributed by atoms with Crippen molar-refractivity contribution in [2.24, 2.45) is 17.7 Å². The molecule has 0 bridgehead atoms. The van der Waals surface area contributed by atoms with Gasteiger partial charge in [0.2, 0.25) is 0 Å². The Labute approximate surface area is 113 Å². The van der Waals surface area contributed by atoms with Gasteiger partial charge < -0.3 is 10.7 Å². The van der Waals surface area contributed by atoms with Gasteiger partial charge in [-0.2, -0.15) is 0 Å². The van der Waals surface area contributed by atoms with Crippen LogP contribution in [0.4, 0.5) is 5.82 Å². The Morgan fingerprint density at radius 1 is 1.32 bits per heavy atom. The largest absolute Gasteiger partial charge is 0.348 e. The maximum Gasteiger partial charge on any atom is 0.272 e. The first-order chi connectivity index (χ1) is 9.11. The fourth-order valence-electron chi connectivity index (χ4n) is 2.56. The first kappa shape index (κ1) is 13.7. The lowest BCUT2D eigenvalue weighted by Gasteiger charge is -2.34. The second-order valence-corrected chi connectivity index (χ2v) is 5.30. The summed E-state index contributed by atoms with van der Waals surface area (Å²) in [6, 6.07) is 3.48. The van der Waals surface area contributed by atoms with Gasteiger partial charge in [-0.25, -0.2) is 5.84 Å². The second kappa shape index (κ2) is 5.97. The minimum atomic E-state index is -0.165. The van der Waals surface area contributed by atoms with Gasteiger partial charge in [0.25, 0.3) is 5.91 Å². The standard InChI is InChI=1S/C13H21N5O/c1-8-4-3-5-10(9(8)2)15-13(19)11-6-7-12(16-14)18-17-11/h6-10H,3-5,14H2,1-2H3,(H,15,19)(H,16,18). The minimum Gasteiger partial charge on any atom is -0.348 e. The number of carbonyl (C=O) groups excluding carboxylic acids is 1. The van der Waals surface area contributed by atoms with Crippen molar-refractivity contribution in [3.05, 3.63) is 17.8 Å². The Morgan fingerprint density at radius 2 is 2.11 bits per heavy atom. The SMILES string of the molecule is CC1CCCC(NC(=O)c2ccc(NN)nn2)C1C. The van der Waals surface area contributed by atoms with Gasteiger partial charge in [-0.15, -0.1) is 10.2 Å². The number of rotatable bonds is 3. The van der Waals surface area contributed by atoms with Crippen LogP contribution in [0.1, 0.15) is 43.6 Å². The number of carbonyl (C=O) groups is 1. The van der Waals surface area contributed by atoms with Crippen molar-refractivity contribution in [2.45, 2.75) is 39.2 Å². The summed E-state index contributed by atoms with van der Waals surface area (Å²) in [7, 11) is 0. The molecule has 0 spiro atoms. The predicted octanol–water partition coefficient (Wildman–Crippen LogP) is 1.32. The molecule has 0 aromatic carbocycles. The van der Waals surface area contributed by atoms with E-state index in [9.17, 15) is 4.79 Å². The monoisotopic (exact) mass is 263 g/mol. The summed E-state index contributed by atoms with van der Waals surface area (Å²) in [5.74, 6) is 6.63. The van der Waals surface area contributed by atoms with E-state index in [1.807, 2.05) is 0 Å². The van der Waals surface area contributed by atoms with Crippen LogP contribution in [-0.4, -0.2) is 22.1 Å². The van der Waals surface area contributed by atoms with Crippen LogP contribution in [0, 0.1) is 11.8 Å². The lowest BCUT2D eigenvalue weighted by molar-refractivity contribution is 0.0885. The zero-order valence-electron chi connectivity index (χ0n) is 11.4. The maximum atomic E-state index is 12.1. The quantitative estimate of drug-likeness (QED) is 0.565. The summed E-state index contributed by atoms with van der Waals surface area (Å²) >= 11 is 0. The lowest BCUT2D eigenvalue weighted by Crippen LogP contribution is -2.44. The number of hydrogen-bond acceptors (Lipinski definition) is 5. The molecule has 2 rings (SSSR count). The number of aromatic nitrogens is 2. The van der Waals surface area contributed by atoms with Crippen LogP contribution in [0.5, 0.6) is 0 Å². The molecule has 1 aromatic rings. The summed E-state index contributed by atoms with van der Waals surface area (Å²) in [6.45, 7) is 4.44. The molecular weight excluding hydrogens is 242 g/mol. The summed E-state index contributed by atoms with van der Waals surface area (Å²) in [6.07, 6.45) is 3.44. The number of nitrogens with zero attached hydrogens (tertiary/aromatic N) is 2. The highest BCUT2D eigenvalue weighted by atomic mass is 16.2. The van der Waals surface area contributed by atoms with Crippen LogP contribution in [0.3, 0.4) is 0 Å². The molecule has 104 valence electrons. The summed E-state index contributed by atoms with van der Waals surface area (Å²) < 4.78 is 0. The Bertz CT molecular complexity index is 433. The molecule has 6 nitrogen and oxygen atoms in total. The molecule has 1 amide bonds. The molecule has 3 unspecified atom stereocenters. The highest BCUT2D eigenvalue weighted by Gasteiger charge is 2.28. The number of hydrazine groups is 1. The summed E-state index contributed by atoms with van der Waals surface area (Å²) in [4.78, 5) is 12.1. The van der Waals surface area contributed by atoms with Crippen molar-refractivity contribution in [3.63, 3.8) is 0 Å². The molecule has 1 heterocycles. The first-order valence-electron chi connectivity index (χ1n) is 6.73. The molecule has 1 fully saturated rings. The third-order valence-electron chi connectivity index (χ3n) is 4.07. The zero-order valence-corrected chi connectivity index (χ0v) is 11.4. The van der Waals surface area contributed by atoms with Crippen LogP contribution in [0.25, 0.3) is 0 Å². The Hall–Kier alpha value is -1.69. The van der Waals surface area contributed by atoms with E-state index in [2.05, 4.69) is 34.8 Å². The summed E-state index contributed by atoms with van der Waals surface area (Å²) in [5.41, 5.74) is 2.71. The van der Waals surface area contributed by atoms with Crippen LogP contribution < -0.4 is 16.6 Å². The zero-order chi connectivity index (χ0) is 13.8. The summed E-state index contributed by atoms with van der Waals surface area (Å²) in [5, 5.41) is 10.7. The average Bonchev–Trinajstić information content (AvgIpc) is 2.44. The van der Waals surface area contributed by atoms with E-state index >= 15 is 0 Å². The van der Waals surface area contributed by atoms with Crippen molar-refractivity contribution < 1.29 is 4.79 Å². The van der Waals surface area contributed by atoms with Gasteiger partial charge >= 0.3 is 0 Å². The molecule has 1 aromatic heterocycles. The van der Waals surface area contributed by atoms with Crippen LogP contribution in [-0.2, 0) is 0 Å². The Kier molecular flexibility index (Phi) is 4.31. The number of nitrogens with one attached hydrogen (secondary N) is 2. The van der Waals surface area contributed by atoms with E-state index in [0.717, 1.165) is 12.8 Å². The molecule has 3 atom stereocenters. The van der Waals surface area contributed by atoms with Gasteiger partial charge in [-0.3, -0.25) is 4.79 Å². The van der Waals surface area contributed by atoms with Crippen molar-refractivity contribution in [1.29, 1.82) is 0 Å². The van der Waals surface area contributed by atoms with Gasteiger partial charge in [0, 0.05) is 6.04 Å². The average molecular weight is 263 g/mol. The van der Waals surface area contributed by atoms with Crippen molar-refractivity contribution in [1.82, 2.24) is 15.5 Å². The highest BCUT2D eigenvalue weighted by molar-refractivity contribution is 5.92. The van der Waals surface area contributed by atoms with E-state index in [4.69, 9.17) is 5.84 Å². The number of amides is 1. The molecule has 1 aliphatic rings. The van der Waals surface area contributed by atoms with E-state index in [1.165, 1.54) is 6.42 Å². The highest BCUT2D eigenvalue weighted by Crippen LogP contribution is 2.29. The fourth-order valence-corrected chi connectivity index (χ4v) is 2.56. The van der Waals surface area contributed by atoms with Crippen molar-refractivity contribution >= 4 is 11.7 Å². The molecule has 0 radical (unpaired) electrons. The van der Waals surface area contributed by atoms with E-state index in [0.29, 0.717) is 23.3 Å². The molecule has 19 heavy (non-hydrogen) atoms. The Morgan fingerprint density at radius 3 is 2.74 bits per heavy atom. The van der Waals surface area contributed by atoms with E-state index in [-0.39, 0.29) is 11.9 Å². The minimum absolute atomic E-state index is 0.165. The topological polar surface area (TPSA) is 92.9 Å². The first-order valence-corrected chi connectivity index (χ1v) is 6.73. The molecular formula is C13H21N5O. The van der Waals surface area contributed by atoms with Crippen LogP contribution >= 0.6 is 0 Å². The van der Waals surface area contributed by atoms with Gasteiger partial charge in [0.15, 0.2) is 11.5 Å². The third-order valence-corrected chi connectivity index (χ3v) is 4.07. The van der Waals surface area contributed by atoms with Gasteiger partial charge in [-0.1, -0.05) is 26.7 Å². The number of nitrogen functional groups attached to an aromatic ring is 1. The number of nitrogens with two attached hydrogens (primary N) is 1. The number of anilines is 1. The van der Waals surface area contributed by atoms with Gasteiger partial charge in [0.05, 0.1) is 0 Å². The maximum absolute atomic E-state index is 12.1. The lowest BCUT2D eigenvalue weighted by atomic mass is 9.78. The van der Waals surface area contributed by atoms with Gasteiger partial charge in [-0.05, 0) is 30.4 Å². The fraction of sp³-hybridized carbons (Fsp3) is 0.615. The second-order valence-electron chi connectivity index (χ2n) is 5.30. The van der Waals surface area contributed by atoms with E-state index < -0.39 is 0 Å². The van der Waals surface area contributed by atoms with Crippen molar-refractivity contribution in [3.8, 4) is 0 Å². The van der Waals surface area contributed by atoms with Crippen LogP contribution in [0.2, 0.25) is 0 Å². The predicted molar refractivity (Wildman–Crippen MR) is 73.3 cm³/mol. The molecule has 1 saturated carbocycles. The van der Waals surface area contributed by atoms with E-state index in [1.54, 1.807) is 12.1 Å². The van der Waals surface area contributed by atoms with Gasteiger partial charge in [0.1, 0.15) is 0 Å². The smallest absolute Gasteiger partial charge is 0.272 e. The van der Waals surface area contributed by atoms with Crippen molar-refractivity contribution in [2.75, 3.05) is 5.43 Å². The third kappa shape index (κ3) is 3.20. The molecule has 6 heteroatoms. The molecule has 0 saturated heterocycles. The van der Waals surface area contributed by atoms with Crippen LogP contribution in [0.15, 0.2) is 12.1 Å². The molecule has 0 aliphatic heterocycles. The number of hydrogen-bond donors (Lipinski definition) is 3. The molecule has 1 aliphatic carbocycles.